The smallest absolute Gasteiger partial charge is 0.166 e. The maximum atomic E-state index is 8.86. The third kappa shape index (κ3) is 2.57. The van der Waals surface area contributed by atoms with Crippen molar-refractivity contribution in [2.24, 2.45) is 0 Å². The van der Waals surface area contributed by atoms with Crippen molar-refractivity contribution in [3.63, 3.8) is 0 Å². The van der Waals surface area contributed by atoms with Crippen LogP contribution in [0.25, 0.3) is 0 Å². The van der Waals surface area contributed by atoms with E-state index >= 15 is 0 Å². The molecular formula is C12H14N4. The molecule has 1 aliphatic carbocycles. The molecule has 1 aromatic heterocycles. The molecule has 16 heavy (non-hydrogen) atoms. The summed E-state index contributed by atoms with van der Waals surface area (Å²) in [5.41, 5.74) is 2.06. The van der Waals surface area contributed by atoms with E-state index in [1.807, 2.05) is 0 Å². The Labute approximate surface area is 95.0 Å². The number of nitriles is 1. The van der Waals surface area contributed by atoms with Crippen molar-refractivity contribution in [2.75, 3.05) is 11.9 Å². The lowest BCUT2D eigenvalue weighted by Gasteiger charge is -2.06. The second-order valence-electron chi connectivity index (χ2n) is 3.84. The van der Waals surface area contributed by atoms with Crippen molar-refractivity contribution in [1.29, 1.82) is 5.26 Å². The third-order valence-electron chi connectivity index (χ3n) is 2.71. The van der Waals surface area contributed by atoms with E-state index in [9.17, 15) is 0 Å². The molecule has 1 heterocycles. The van der Waals surface area contributed by atoms with Gasteiger partial charge in [-0.15, -0.1) is 5.10 Å². The van der Waals surface area contributed by atoms with Crippen LogP contribution in [-0.4, -0.2) is 16.7 Å². The van der Waals surface area contributed by atoms with Gasteiger partial charge in [0.05, 0.1) is 11.8 Å². The lowest BCUT2D eigenvalue weighted by atomic mass is 10.1. The molecule has 0 fully saturated rings. The topological polar surface area (TPSA) is 61.6 Å². The Hall–Kier alpha value is -1.89. The van der Waals surface area contributed by atoms with Crippen LogP contribution in [0.15, 0.2) is 23.9 Å². The lowest BCUT2D eigenvalue weighted by molar-refractivity contribution is 0.859. The van der Waals surface area contributed by atoms with Crippen LogP contribution in [0, 0.1) is 11.3 Å². The van der Waals surface area contributed by atoms with Crippen molar-refractivity contribution in [3.05, 3.63) is 29.5 Å². The van der Waals surface area contributed by atoms with Gasteiger partial charge in [0.25, 0.3) is 0 Å². The van der Waals surface area contributed by atoms with Crippen LogP contribution in [-0.2, 0) is 0 Å². The first-order valence-corrected chi connectivity index (χ1v) is 5.54. The second-order valence-corrected chi connectivity index (χ2v) is 3.84. The summed E-state index contributed by atoms with van der Waals surface area (Å²) in [6, 6.07) is 3.77. The molecule has 0 saturated heterocycles. The Balaban J connectivity index is 1.87. The molecule has 1 N–H and O–H groups in total. The number of nitrogens with one attached hydrogen (secondary N) is 1. The molecular weight excluding hydrogens is 200 g/mol. The van der Waals surface area contributed by atoms with Crippen LogP contribution in [0.1, 0.15) is 31.2 Å². The molecule has 0 atom stereocenters. The molecule has 2 rings (SSSR count). The monoisotopic (exact) mass is 214 g/mol. The fourth-order valence-corrected chi connectivity index (χ4v) is 1.86. The quantitative estimate of drug-likeness (QED) is 0.781. The number of rotatable bonds is 4. The largest absolute Gasteiger partial charge is 0.367 e. The minimum atomic E-state index is 0.551. The SMILES string of the molecule is N#Cc1ccnnc1NCCC1=CCCC1. The minimum Gasteiger partial charge on any atom is -0.367 e. The first-order valence-electron chi connectivity index (χ1n) is 5.54. The Morgan fingerprint density at radius 1 is 1.50 bits per heavy atom. The van der Waals surface area contributed by atoms with Crippen molar-refractivity contribution in [3.8, 4) is 6.07 Å². The highest BCUT2D eigenvalue weighted by molar-refractivity contribution is 5.50. The molecule has 1 aliphatic rings. The molecule has 1 aromatic rings. The number of allylic oxidation sites excluding steroid dienone is 1. The number of aromatic nitrogens is 2. The van der Waals surface area contributed by atoms with Crippen LogP contribution in [0.3, 0.4) is 0 Å². The van der Waals surface area contributed by atoms with Crippen LogP contribution in [0.5, 0.6) is 0 Å². The van der Waals surface area contributed by atoms with Gasteiger partial charge in [-0.1, -0.05) is 11.6 Å². The summed E-state index contributed by atoms with van der Waals surface area (Å²) in [5, 5.41) is 19.7. The van der Waals surface area contributed by atoms with E-state index in [4.69, 9.17) is 5.26 Å². The summed E-state index contributed by atoms with van der Waals surface area (Å²) in [6.07, 6.45) is 8.58. The van der Waals surface area contributed by atoms with Gasteiger partial charge in [0.15, 0.2) is 5.82 Å². The fraction of sp³-hybridized carbons (Fsp3) is 0.417. The fourth-order valence-electron chi connectivity index (χ4n) is 1.86. The normalized spacial score (nSPS) is 14.3. The van der Waals surface area contributed by atoms with Crippen molar-refractivity contribution < 1.29 is 0 Å². The van der Waals surface area contributed by atoms with Crippen LogP contribution in [0.4, 0.5) is 5.82 Å². The average Bonchev–Trinajstić information content (AvgIpc) is 2.83. The van der Waals surface area contributed by atoms with Crippen LogP contribution < -0.4 is 5.32 Å². The van der Waals surface area contributed by atoms with Gasteiger partial charge in [-0.05, 0) is 31.7 Å². The zero-order chi connectivity index (χ0) is 11.2. The lowest BCUT2D eigenvalue weighted by Crippen LogP contribution is -2.06. The van der Waals surface area contributed by atoms with E-state index in [1.165, 1.54) is 31.0 Å². The van der Waals surface area contributed by atoms with Gasteiger partial charge in [-0.25, -0.2) is 0 Å². The predicted octanol–water partition coefficient (Wildman–Crippen LogP) is 2.26. The number of anilines is 1. The zero-order valence-corrected chi connectivity index (χ0v) is 9.11. The van der Waals surface area contributed by atoms with Gasteiger partial charge in [-0.3, -0.25) is 0 Å². The molecule has 0 aliphatic heterocycles. The standard InChI is InChI=1S/C12H14N4/c13-9-11-6-8-15-16-12(11)14-7-5-10-3-1-2-4-10/h3,6,8H,1-2,4-5,7H2,(H,14,16). The maximum absolute atomic E-state index is 8.86. The van der Waals surface area contributed by atoms with Gasteiger partial charge in [0.2, 0.25) is 0 Å². The molecule has 0 radical (unpaired) electrons. The summed E-state index contributed by atoms with van der Waals surface area (Å²) in [5.74, 6) is 0.587. The van der Waals surface area contributed by atoms with Crippen LogP contribution >= 0.6 is 0 Å². The van der Waals surface area contributed by atoms with Gasteiger partial charge in [0, 0.05) is 6.54 Å². The molecule has 4 nitrogen and oxygen atoms in total. The molecule has 0 saturated carbocycles. The van der Waals surface area contributed by atoms with Crippen molar-refractivity contribution in [1.82, 2.24) is 10.2 Å². The summed E-state index contributed by atoms with van der Waals surface area (Å²) in [7, 11) is 0. The van der Waals surface area contributed by atoms with Crippen molar-refractivity contribution >= 4 is 5.82 Å². The van der Waals surface area contributed by atoms with E-state index in [2.05, 4.69) is 27.7 Å². The highest BCUT2D eigenvalue weighted by Gasteiger charge is 2.05. The summed E-state index contributed by atoms with van der Waals surface area (Å²) >= 11 is 0. The van der Waals surface area contributed by atoms with Gasteiger partial charge >= 0.3 is 0 Å². The van der Waals surface area contributed by atoms with Crippen LogP contribution in [0.2, 0.25) is 0 Å². The summed E-state index contributed by atoms with van der Waals surface area (Å²) < 4.78 is 0. The van der Waals surface area contributed by atoms with Gasteiger partial charge < -0.3 is 5.32 Å². The maximum Gasteiger partial charge on any atom is 0.166 e. The minimum absolute atomic E-state index is 0.551. The summed E-state index contributed by atoms with van der Waals surface area (Å²) in [6.45, 7) is 0.819. The zero-order valence-electron chi connectivity index (χ0n) is 9.11. The molecule has 0 unspecified atom stereocenters. The summed E-state index contributed by atoms with van der Waals surface area (Å²) in [4.78, 5) is 0. The Morgan fingerprint density at radius 3 is 3.19 bits per heavy atom. The molecule has 0 spiro atoms. The van der Waals surface area contributed by atoms with Crippen molar-refractivity contribution in [2.45, 2.75) is 25.7 Å². The van der Waals surface area contributed by atoms with Gasteiger partial charge in [-0.2, -0.15) is 10.4 Å². The highest BCUT2D eigenvalue weighted by Crippen LogP contribution is 2.20. The molecule has 82 valence electrons. The van der Waals surface area contributed by atoms with E-state index in [0.29, 0.717) is 11.4 Å². The molecule has 0 bridgehead atoms. The average molecular weight is 214 g/mol. The molecule has 0 amide bonds. The van der Waals surface area contributed by atoms with Gasteiger partial charge in [0.1, 0.15) is 6.07 Å². The number of nitrogens with zero attached hydrogens (tertiary/aromatic N) is 3. The van der Waals surface area contributed by atoms with E-state index in [1.54, 1.807) is 6.07 Å². The van der Waals surface area contributed by atoms with E-state index < -0.39 is 0 Å². The molecule has 0 aromatic carbocycles. The highest BCUT2D eigenvalue weighted by atomic mass is 15.2. The Bertz CT molecular complexity index is 431. The predicted molar refractivity (Wildman–Crippen MR) is 61.8 cm³/mol. The second kappa shape index (κ2) is 5.26. The Morgan fingerprint density at radius 2 is 2.44 bits per heavy atom. The number of hydrogen-bond acceptors (Lipinski definition) is 4. The molecule has 4 heteroatoms. The van der Waals surface area contributed by atoms with E-state index in [0.717, 1.165) is 13.0 Å². The first-order chi connectivity index (χ1) is 7.90. The number of hydrogen-bond donors (Lipinski definition) is 1. The third-order valence-corrected chi connectivity index (χ3v) is 2.71. The first kappa shape index (κ1) is 10.6. The van der Waals surface area contributed by atoms with E-state index in [-0.39, 0.29) is 0 Å². The Kier molecular flexibility index (Phi) is 3.50.